The van der Waals surface area contributed by atoms with Crippen LogP contribution in [0.2, 0.25) is 5.02 Å². The standard InChI is InChI=1S/C13H16ClNO/c1-8-3-4-9-10(12(8)14)6-16-13(2)7-15-5-11(9)13/h3-4,11,15H,5-7H2,1-2H3/t11-,13-/m0/s1. The number of benzene rings is 1. The minimum absolute atomic E-state index is 0.0500. The molecule has 86 valence electrons. The van der Waals surface area contributed by atoms with E-state index in [1.54, 1.807) is 0 Å². The summed E-state index contributed by atoms with van der Waals surface area (Å²) < 4.78 is 6.00. The van der Waals surface area contributed by atoms with Crippen molar-refractivity contribution < 1.29 is 4.74 Å². The average Bonchev–Trinajstić information content (AvgIpc) is 2.65. The highest BCUT2D eigenvalue weighted by Crippen LogP contribution is 2.43. The van der Waals surface area contributed by atoms with Crippen LogP contribution in [0.1, 0.15) is 29.5 Å². The Morgan fingerprint density at radius 2 is 2.31 bits per heavy atom. The van der Waals surface area contributed by atoms with E-state index in [9.17, 15) is 0 Å². The van der Waals surface area contributed by atoms with Gasteiger partial charge in [-0.3, -0.25) is 0 Å². The topological polar surface area (TPSA) is 21.3 Å². The van der Waals surface area contributed by atoms with E-state index in [2.05, 4.69) is 24.4 Å². The summed E-state index contributed by atoms with van der Waals surface area (Å²) in [5.74, 6) is 0.439. The van der Waals surface area contributed by atoms with Crippen LogP contribution >= 0.6 is 11.6 Å². The second-order valence-electron chi connectivity index (χ2n) is 5.05. The highest BCUT2D eigenvalue weighted by Gasteiger charge is 2.44. The van der Waals surface area contributed by atoms with E-state index in [0.29, 0.717) is 12.5 Å². The van der Waals surface area contributed by atoms with Gasteiger partial charge in [0.25, 0.3) is 0 Å². The molecule has 0 saturated carbocycles. The lowest BCUT2D eigenvalue weighted by Crippen LogP contribution is -2.39. The largest absolute Gasteiger partial charge is 0.369 e. The summed E-state index contributed by atoms with van der Waals surface area (Å²) in [6.07, 6.45) is 0. The maximum absolute atomic E-state index is 6.35. The number of fused-ring (bicyclic) bond motifs is 3. The minimum Gasteiger partial charge on any atom is -0.369 e. The third-order valence-corrected chi connectivity index (χ3v) is 4.48. The summed E-state index contributed by atoms with van der Waals surface area (Å²) in [4.78, 5) is 0. The quantitative estimate of drug-likeness (QED) is 0.749. The van der Waals surface area contributed by atoms with E-state index in [1.165, 1.54) is 11.1 Å². The van der Waals surface area contributed by atoms with Crippen LogP contribution in [-0.4, -0.2) is 18.7 Å². The van der Waals surface area contributed by atoms with E-state index in [-0.39, 0.29) is 5.60 Å². The molecule has 0 aliphatic carbocycles. The van der Waals surface area contributed by atoms with E-state index < -0.39 is 0 Å². The van der Waals surface area contributed by atoms with Gasteiger partial charge in [0.15, 0.2) is 0 Å². The molecule has 1 aromatic rings. The first-order chi connectivity index (χ1) is 7.62. The molecule has 0 bridgehead atoms. The fourth-order valence-electron chi connectivity index (χ4n) is 2.86. The number of aryl methyl sites for hydroxylation is 1. The van der Waals surface area contributed by atoms with Crippen LogP contribution in [-0.2, 0) is 11.3 Å². The van der Waals surface area contributed by atoms with Crippen LogP contribution in [0.25, 0.3) is 0 Å². The molecule has 0 aromatic heterocycles. The van der Waals surface area contributed by atoms with Crippen LogP contribution < -0.4 is 5.32 Å². The molecule has 0 amide bonds. The highest BCUT2D eigenvalue weighted by molar-refractivity contribution is 6.32. The van der Waals surface area contributed by atoms with Crippen molar-refractivity contribution in [1.82, 2.24) is 5.32 Å². The Kier molecular flexibility index (Phi) is 2.29. The highest BCUT2D eigenvalue weighted by atomic mass is 35.5. The summed E-state index contributed by atoms with van der Waals surface area (Å²) in [6, 6.07) is 4.33. The fraction of sp³-hybridized carbons (Fsp3) is 0.538. The third-order valence-electron chi connectivity index (χ3n) is 3.96. The average molecular weight is 238 g/mol. The molecule has 1 aromatic carbocycles. The SMILES string of the molecule is Cc1ccc2c(c1Cl)CO[C@@]1(C)CNC[C@@H]21. The molecule has 2 heterocycles. The molecule has 3 rings (SSSR count). The summed E-state index contributed by atoms with van der Waals surface area (Å²) >= 11 is 6.35. The van der Waals surface area contributed by atoms with Gasteiger partial charge >= 0.3 is 0 Å². The molecule has 2 atom stereocenters. The lowest BCUT2D eigenvalue weighted by Gasteiger charge is -2.37. The molecule has 2 aliphatic rings. The Labute approximate surface area is 101 Å². The zero-order chi connectivity index (χ0) is 11.3. The molecule has 0 radical (unpaired) electrons. The van der Waals surface area contributed by atoms with Gasteiger partial charge < -0.3 is 10.1 Å². The first-order valence-corrected chi connectivity index (χ1v) is 6.12. The van der Waals surface area contributed by atoms with Crippen LogP contribution in [0.4, 0.5) is 0 Å². The summed E-state index contributed by atoms with van der Waals surface area (Å²) in [5, 5.41) is 4.29. The number of ether oxygens (including phenoxy) is 1. The van der Waals surface area contributed by atoms with Crippen molar-refractivity contribution in [3.63, 3.8) is 0 Å². The second kappa shape index (κ2) is 3.46. The minimum atomic E-state index is -0.0500. The summed E-state index contributed by atoms with van der Waals surface area (Å²) in [6.45, 7) is 6.80. The first kappa shape index (κ1) is 10.6. The summed E-state index contributed by atoms with van der Waals surface area (Å²) in [5.41, 5.74) is 3.65. The zero-order valence-corrected chi connectivity index (χ0v) is 10.4. The van der Waals surface area contributed by atoms with E-state index >= 15 is 0 Å². The Balaban J connectivity index is 2.14. The Bertz CT molecular complexity index is 446. The lowest BCUT2D eigenvalue weighted by molar-refractivity contribution is -0.0517. The molecule has 1 saturated heterocycles. The van der Waals surface area contributed by atoms with Gasteiger partial charge in [-0.1, -0.05) is 23.7 Å². The van der Waals surface area contributed by atoms with Crippen molar-refractivity contribution in [2.45, 2.75) is 32.0 Å². The van der Waals surface area contributed by atoms with E-state index in [1.807, 2.05) is 6.92 Å². The number of hydrogen-bond acceptors (Lipinski definition) is 2. The van der Waals surface area contributed by atoms with Crippen LogP contribution in [0.5, 0.6) is 0 Å². The van der Waals surface area contributed by atoms with Gasteiger partial charge in [0.05, 0.1) is 12.2 Å². The molecule has 0 spiro atoms. The van der Waals surface area contributed by atoms with Crippen molar-refractivity contribution in [1.29, 1.82) is 0 Å². The van der Waals surface area contributed by atoms with E-state index in [0.717, 1.165) is 23.7 Å². The monoisotopic (exact) mass is 237 g/mol. The maximum Gasteiger partial charge on any atom is 0.0863 e. The summed E-state index contributed by atoms with van der Waals surface area (Å²) in [7, 11) is 0. The van der Waals surface area contributed by atoms with Crippen molar-refractivity contribution in [2.24, 2.45) is 0 Å². The molecule has 1 N–H and O–H groups in total. The normalized spacial score (nSPS) is 32.3. The Morgan fingerprint density at radius 1 is 1.50 bits per heavy atom. The maximum atomic E-state index is 6.35. The number of nitrogens with one attached hydrogen (secondary N) is 1. The Hall–Kier alpha value is -0.570. The number of hydrogen-bond donors (Lipinski definition) is 1. The number of rotatable bonds is 0. The van der Waals surface area contributed by atoms with Gasteiger partial charge in [0.1, 0.15) is 0 Å². The number of halogens is 1. The predicted octanol–water partition coefficient (Wildman–Crippen LogP) is 2.62. The Morgan fingerprint density at radius 3 is 3.12 bits per heavy atom. The second-order valence-corrected chi connectivity index (χ2v) is 5.43. The van der Waals surface area contributed by atoms with Crippen LogP contribution in [0, 0.1) is 6.92 Å². The third kappa shape index (κ3) is 1.33. The van der Waals surface area contributed by atoms with Gasteiger partial charge in [-0.2, -0.15) is 0 Å². The fourth-order valence-corrected chi connectivity index (χ4v) is 3.08. The van der Waals surface area contributed by atoms with Crippen LogP contribution in [0.15, 0.2) is 12.1 Å². The van der Waals surface area contributed by atoms with Gasteiger partial charge in [-0.15, -0.1) is 0 Å². The molecular weight excluding hydrogens is 222 g/mol. The first-order valence-electron chi connectivity index (χ1n) is 5.74. The lowest BCUT2D eigenvalue weighted by atomic mass is 9.81. The van der Waals surface area contributed by atoms with E-state index in [4.69, 9.17) is 16.3 Å². The van der Waals surface area contributed by atoms with Gasteiger partial charge in [-0.25, -0.2) is 0 Å². The van der Waals surface area contributed by atoms with Crippen molar-refractivity contribution in [3.8, 4) is 0 Å². The van der Waals surface area contributed by atoms with Crippen molar-refractivity contribution >= 4 is 11.6 Å². The predicted molar refractivity (Wildman–Crippen MR) is 65.0 cm³/mol. The van der Waals surface area contributed by atoms with Gasteiger partial charge in [0, 0.05) is 29.6 Å². The molecule has 16 heavy (non-hydrogen) atoms. The molecule has 0 unspecified atom stereocenters. The molecule has 3 heteroatoms. The smallest absolute Gasteiger partial charge is 0.0863 e. The molecule has 2 nitrogen and oxygen atoms in total. The van der Waals surface area contributed by atoms with Crippen LogP contribution in [0.3, 0.4) is 0 Å². The van der Waals surface area contributed by atoms with Gasteiger partial charge in [-0.05, 0) is 25.0 Å². The van der Waals surface area contributed by atoms with Gasteiger partial charge in [0.2, 0.25) is 0 Å². The van der Waals surface area contributed by atoms with Crippen molar-refractivity contribution in [3.05, 3.63) is 33.8 Å². The van der Waals surface area contributed by atoms with Crippen molar-refractivity contribution in [2.75, 3.05) is 13.1 Å². The zero-order valence-electron chi connectivity index (χ0n) is 9.64. The molecular formula is C13H16ClNO. The molecule has 2 aliphatic heterocycles. The molecule has 1 fully saturated rings.